The van der Waals surface area contributed by atoms with Crippen LogP contribution >= 0.6 is 0 Å². The maximum Gasteiger partial charge on any atom is 0.240 e. The summed E-state index contributed by atoms with van der Waals surface area (Å²) in [6.07, 6.45) is 4.08. The smallest absolute Gasteiger partial charge is 0.240 e. The molecule has 1 aliphatic rings. The van der Waals surface area contributed by atoms with E-state index in [0.29, 0.717) is 6.10 Å². The molecule has 96 valence electrons. The molecule has 1 saturated heterocycles. The van der Waals surface area contributed by atoms with Gasteiger partial charge in [0.25, 0.3) is 0 Å². The predicted octanol–water partition coefficient (Wildman–Crippen LogP) is 0.322. The van der Waals surface area contributed by atoms with Crippen LogP contribution in [-0.2, 0) is 4.74 Å². The number of methoxy groups -OCH3 is 1. The van der Waals surface area contributed by atoms with E-state index in [2.05, 4.69) is 20.0 Å². The molecule has 3 rings (SSSR count). The van der Waals surface area contributed by atoms with E-state index in [1.807, 2.05) is 0 Å². The molecular formula is C11H16N6O. The minimum Gasteiger partial charge on any atom is -0.381 e. The molecule has 0 bridgehead atoms. The van der Waals surface area contributed by atoms with Crippen molar-refractivity contribution in [2.24, 2.45) is 0 Å². The Hall–Kier alpha value is -1.89. The highest BCUT2D eigenvalue weighted by atomic mass is 16.5. The van der Waals surface area contributed by atoms with Crippen molar-refractivity contribution in [3.05, 3.63) is 12.3 Å². The fraction of sp³-hybridized carbons (Fsp3) is 0.545. The van der Waals surface area contributed by atoms with Gasteiger partial charge in [0.05, 0.1) is 6.10 Å². The van der Waals surface area contributed by atoms with Crippen molar-refractivity contribution in [1.82, 2.24) is 19.6 Å². The molecular weight excluding hydrogens is 232 g/mol. The largest absolute Gasteiger partial charge is 0.381 e. The van der Waals surface area contributed by atoms with Crippen molar-refractivity contribution in [3.63, 3.8) is 0 Å². The van der Waals surface area contributed by atoms with Crippen LogP contribution in [0.3, 0.4) is 0 Å². The van der Waals surface area contributed by atoms with Gasteiger partial charge in [0.15, 0.2) is 5.65 Å². The zero-order valence-electron chi connectivity index (χ0n) is 10.3. The number of piperidine rings is 1. The third-order valence-electron chi connectivity index (χ3n) is 3.31. The van der Waals surface area contributed by atoms with Crippen LogP contribution in [0.25, 0.3) is 5.65 Å². The zero-order valence-corrected chi connectivity index (χ0v) is 10.3. The fourth-order valence-corrected chi connectivity index (χ4v) is 2.33. The molecule has 2 N–H and O–H groups in total. The molecule has 0 aromatic carbocycles. The average Bonchev–Trinajstić information content (AvgIpc) is 2.79. The van der Waals surface area contributed by atoms with Crippen LogP contribution in [0.15, 0.2) is 12.3 Å². The lowest BCUT2D eigenvalue weighted by atomic mass is 10.1. The molecule has 0 saturated carbocycles. The van der Waals surface area contributed by atoms with E-state index in [0.717, 1.165) is 37.5 Å². The van der Waals surface area contributed by atoms with E-state index in [1.54, 1.807) is 23.9 Å². The first kappa shape index (κ1) is 11.2. The van der Waals surface area contributed by atoms with Gasteiger partial charge >= 0.3 is 0 Å². The molecule has 0 amide bonds. The number of ether oxygens (including phenoxy) is 1. The first-order valence-electron chi connectivity index (χ1n) is 6.03. The maximum absolute atomic E-state index is 5.62. The predicted molar refractivity (Wildman–Crippen MR) is 67.4 cm³/mol. The quantitative estimate of drug-likeness (QED) is 0.824. The number of nitrogens with zero attached hydrogens (tertiary/aromatic N) is 5. The first-order valence-corrected chi connectivity index (χ1v) is 6.03. The number of aromatic nitrogens is 4. The Bertz CT molecular complexity index is 545. The standard InChI is InChI=1S/C11H16N6O/c1-18-8-3-6-16(7-4-8)11-13-5-2-9-14-10(12)15-17(9)11/h2,5,8H,3-4,6-7H2,1H3,(H2,12,15). The summed E-state index contributed by atoms with van der Waals surface area (Å²) in [7, 11) is 1.76. The monoisotopic (exact) mass is 248 g/mol. The third-order valence-corrected chi connectivity index (χ3v) is 3.31. The normalized spacial score (nSPS) is 17.5. The van der Waals surface area contributed by atoms with Crippen molar-refractivity contribution >= 4 is 17.5 Å². The van der Waals surface area contributed by atoms with Crippen LogP contribution in [-0.4, -0.2) is 45.9 Å². The Labute approximate surface area is 105 Å². The topological polar surface area (TPSA) is 81.6 Å². The molecule has 18 heavy (non-hydrogen) atoms. The van der Waals surface area contributed by atoms with Gasteiger partial charge in [-0.3, -0.25) is 0 Å². The van der Waals surface area contributed by atoms with E-state index in [9.17, 15) is 0 Å². The second kappa shape index (κ2) is 4.41. The molecule has 2 aromatic rings. The lowest BCUT2D eigenvalue weighted by Gasteiger charge is -2.31. The lowest BCUT2D eigenvalue weighted by Crippen LogP contribution is -2.38. The van der Waals surface area contributed by atoms with Crippen LogP contribution < -0.4 is 10.6 Å². The second-order valence-electron chi connectivity index (χ2n) is 4.41. The van der Waals surface area contributed by atoms with Gasteiger partial charge in [-0.2, -0.15) is 9.50 Å². The molecule has 0 radical (unpaired) electrons. The minimum absolute atomic E-state index is 0.274. The molecule has 3 heterocycles. The molecule has 2 aromatic heterocycles. The van der Waals surface area contributed by atoms with E-state index in [-0.39, 0.29) is 5.95 Å². The summed E-state index contributed by atoms with van der Waals surface area (Å²) >= 11 is 0. The lowest BCUT2D eigenvalue weighted by molar-refractivity contribution is 0.0816. The Morgan fingerprint density at radius 1 is 1.39 bits per heavy atom. The Morgan fingerprint density at radius 3 is 2.89 bits per heavy atom. The van der Waals surface area contributed by atoms with Crippen molar-refractivity contribution in [1.29, 1.82) is 0 Å². The van der Waals surface area contributed by atoms with Crippen LogP contribution in [0.2, 0.25) is 0 Å². The highest BCUT2D eigenvalue weighted by Gasteiger charge is 2.22. The molecule has 1 aliphatic heterocycles. The molecule has 7 heteroatoms. The van der Waals surface area contributed by atoms with Gasteiger partial charge in [0.1, 0.15) is 0 Å². The molecule has 1 fully saturated rings. The van der Waals surface area contributed by atoms with Crippen LogP contribution in [0.1, 0.15) is 12.8 Å². The number of hydrogen-bond donors (Lipinski definition) is 1. The Kier molecular flexibility index (Phi) is 2.75. The SMILES string of the molecule is COC1CCN(c2nccc3nc(N)nn23)CC1. The number of rotatable bonds is 2. The fourth-order valence-electron chi connectivity index (χ4n) is 2.33. The van der Waals surface area contributed by atoms with Gasteiger partial charge in [-0.25, -0.2) is 4.98 Å². The van der Waals surface area contributed by atoms with E-state index < -0.39 is 0 Å². The molecule has 0 aliphatic carbocycles. The number of fused-ring (bicyclic) bond motifs is 1. The maximum atomic E-state index is 5.62. The Morgan fingerprint density at radius 2 is 2.17 bits per heavy atom. The summed E-state index contributed by atoms with van der Waals surface area (Å²) in [5.74, 6) is 1.07. The van der Waals surface area contributed by atoms with Crippen molar-refractivity contribution in [2.75, 3.05) is 30.8 Å². The van der Waals surface area contributed by atoms with E-state index in [4.69, 9.17) is 10.5 Å². The van der Waals surface area contributed by atoms with E-state index in [1.165, 1.54) is 0 Å². The van der Waals surface area contributed by atoms with Gasteiger partial charge < -0.3 is 15.4 Å². The van der Waals surface area contributed by atoms with Crippen LogP contribution in [0, 0.1) is 0 Å². The second-order valence-corrected chi connectivity index (χ2v) is 4.41. The van der Waals surface area contributed by atoms with E-state index >= 15 is 0 Å². The summed E-state index contributed by atoms with van der Waals surface area (Å²) in [5.41, 5.74) is 6.35. The average molecular weight is 248 g/mol. The summed E-state index contributed by atoms with van der Waals surface area (Å²) in [5, 5.41) is 4.18. The highest BCUT2D eigenvalue weighted by Crippen LogP contribution is 2.19. The van der Waals surface area contributed by atoms with Crippen molar-refractivity contribution in [3.8, 4) is 0 Å². The van der Waals surface area contributed by atoms with Gasteiger partial charge in [0, 0.05) is 32.5 Å². The minimum atomic E-state index is 0.274. The molecule has 7 nitrogen and oxygen atoms in total. The van der Waals surface area contributed by atoms with Crippen molar-refractivity contribution < 1.29 is 4.74 Å². The summed E-state index contributed by atoms with van der Waals surface area (Å²) in [6, 6.07) is 1.80. The molecule has 0 spiro atoms. The molecule has 0 unspecified atom stereocenters. The van der Waals surface area contributed by atoms with Crippen LogP contribution in [0.4, 0.5) is 11.9 Å². The summed E-state index contributed by atoms with van der Waals surface area (Å²) < 4.78 is 7.06. The Balaban J connectivity index is 1.90. The van der Waals surface area contributed by atoms with Gasteiger partial charge in [-0.15, -0.1) is 5.10 Å². The van der Waals surface area contributed by atoms with Crippen molar-refractivity contribution in [2.45, 2.75) is 18.9 Å². The van der Waals surface area contributed by atoms with Gasteiger partial charge in [-0.05, 0) is 12.8 Å². The summed E-state index contributed by atoms with van der Waals surface area (Å²) in [4.78, 5) is 10.7. The highest BCUT2D eigenvalue weighted by molar-refractivity contribution is 5.47. The van der Waals surface area contributed by atoms with Crippen LogP contribution in [0.5, 0.6) is 0 Å². The van der Waals surface area contributed by atoms with Gasteiger partial charge in [0.2, 0.25) is 11.9 Å². The number of anilines is 2. The number of hydrogen-bond acceptors (Lipinski definition) is 6. The summed E-state index contributed by atoms with van der Waals surface area (Å²) in [6.45, 7) is 1.81. The first-order chi connectivity index (χ1) is 8.78. The molecule has 0 atom stereocenters. The number of nitrogens with two attached hydrogens (primary N) is 1. The third kappa shape index (κ3) is 1.86. The zero-order chi connectivity index (χ0) is 12.5. The van der Waals surface area contributed by atoms with Gasteiger partial charge in [-0.1, -0.05) is 0 Å². The number of nitrogen functional groups attached to an aromatic ring is 1.